The van der Waals surface area contributed by atoms with Crippen molar-refractivity contribution in [1.29, 1.82) is 0 Å². The number of nitrogens with one attached hydrogen (secondary N) is 1. The molecule has 0 saturated carbocycles. The first-order chi connectivity index (χ1) is 7.33. The van der Waals surface area contributed by atoms with E-state index < -0.39 is 0 Å². The van der Waals surface area contributed by atoms with Crippen LogP contribution in [0.2, 0.25) is 5.02 Å². The van der Waals surface area contributed by atoms with E-state index in [2.05, 4.69) is 26.3 Å². The number of aliphatic imine (C=N–C) groups is 1. The van der Waals surface area contributed by atoms with E-state index in [4.69, 9.17) is 17.4 Å². The number of nitrogens with two attached hydrogens (primary N) is 1. The number of hydrogen-bond donors (Lipinski definition) is 2. The number of benzene rings is 1. The fourth-order valence-electron chi connectivity index (χ4n) is 1.16. The summed E-state index contributed by atoms with van der Waals surface area (Å²) in [6, 6.07) is 5.59. The number of rotatable bonds is 1. The van der Waals surface area contributed by atoms with E-state index in [1.165, 1.54) is 0 Å². The molecule has 0 heterocycles. The maximum atomic E-state index is 6.02. The molecule has 88 valence electrons. The molecule has 0 saturated heterocycles. The zero-order chi connectivity index (χ0) is 12.3. The molecule has 0 atom stereocenters. The first kappa shape index (κ1) is 13.5. The first-order valence-electron chi connectivity index (χ1n) is 4.85. The van der Waals surface area contributed by atoms with E-state index in [1.54, 1.807) is 0 Å². The molecule has 5 heteroatoms. The topological polar surface area (TPSA) is 50.4 Å². The van der Waals surface area contributed by atoms with Crippen LogP contribution >= 0.6 is 27.5 Å². The minimum Gasteiger partial charge on any atom is -0.308 e. The molecule has 0 aromatic heterocycles. The van der Waals surface area contributed by atoms with E-state index in [9.17, 15) is 0 Å². The fraction of sp³-hybridized carbons (Fsp3) is 0.364. The largest absolute Gasteiger partial charge is 0.308 e. The molecule has 0 aliphatic carbocycles. The Morgan fingerprint density at radius 2 is 2.06 bits per heavy atom. The van der Waals surface area contributed by atoms with Gasteiger partial charge in [-0.3, -0.25) is 4.99 Å². The lowest BCUT2D eigenvalue weighted by atomic mass is 10.1. The zero-order valence-electron chi connectivity index (χ0n) is 9.51. The molecule has 1 aromatic rings. The predicted molar refractivity (Wildman–Crippen MR) is 72.8 cm³/mol. The van der Waals surface area contributed by atoms with E-state index in [1.807, 2.05) is 39.0 Å². The smallest absolute Gasteiger partial charge is 0.143 e. The van der Waals surface area contributed by atoms with Crippen molar-refractivity contribution >= 4 is 33.4 Å². The van der Waals surface area contributed by atoms with Crippen LogP contribution < -0.4 is 11.3 Å². The molecule has 1 rings (SSSR count). The van der Waals surface area contributed by atoms with Crippen LogP contribution in [0.5, 0.6) is 0 Å². The van der Waals surface area contributed by atoms with Crippen molar-refractivity contribution in [1.82, 2.24) is 5.43 Å². The van der Waals surface area contributed by atoms with Crippen LogP contribution in [0, 0.1) is 0 Å². The third kappa shape index (κ3) is 3.77. The Labute approximate surface area is 109 Å². The SMILES string of the molecule is CC(C)(C)N=C(NN)c1ccc(Br)c(Cl)c1. The van der Waals surface area contributed by atoms with Crippen LogP contribution in [-0.2, 0) is 0 Å². The minimum atomic E-state index is -0.193. The second-order valence-corrected chi connectivity index (χ2v) is 5.67. The maximum Gasteiger partial charge on any atom is 0.143 e. The molecule has 0 bridgehead atoms. The minimum absolute atomic E-state index is 0.193. The van der Waals surface area contributed by atoms with Crippen molar-refractivity contribution in [3.8, 4) is 0 Å². The Balaban J connectivity index is 3.15. The highest BCUT2D eigenvalue weighted by Gasteiger charge is 2.11. The monoisotopic (exact) mass is 303 g/mol. The van der Waals surface area contributed by atoms with Gasteiger partial charge in [-0.05, 0) is 48.8 Å². The number of nitrogens with zero attached hydrogens (tertiary/aromatic N) is 1. The maximum absolute atomic E-state index is 6.02. The summed E-state index contributed by atoms with van der Waals surface area (Å²) in [5, 5.41) is 0.634. The molecule has 0 aliphatic heterocycles. The molecular weight excluding hydrogens is 289 g/mol. The van der Waals surface area contributed by atoms with Gasteiger partial charge in [-0.1, -0.05) is 17.7 Å². The molecule has 0 unspecified atom stereocenters. The average Bonchev–Trinajstić information content (AvgIpc) is 2.17. The highest BCUT2D eigenvalue weighted by atomic mass is 79.9. The molecule has 3 N–H and O–H groups in total. The molecule has 1 aromatic carbocycles. The van der Waals surface area contributed by atoms with E-state index in [-0.39, 0.29) is 5.54 Å². The second kappa shape index (κ2) is 5.17. The number of hydrazine groups is 1. The van der Waals surface area contributed by atoms with Gasteiger partial charge < -0.3 is 5.43 Å². The summed E-state index contributed by atoms with van der Waals surface area (Å²) in [6.07, 6.45) is 0. The van der Waals surface area contributed by atoms with Crippen molar-refractivity contribution in [3.05, 3.63) is 33.3 Å². The summed E-state index contributed by atoms with van der Waals surface area (Å²) in [4.78, 5) is 4.47. The molecule has 0 spiro atoms. The summed E-state index contributed by atoms with van der Waals surface area (Å²) in [5.41, 5.74) is 3.27. The Bertz CT molecular complexity index is 410. The number of hydrogen-bond acceptors (Lipinski definition) is 2. The van der Waals surface area contributed by atoms with Gasteiger partial charge in [0.1, 0.15) is 5.84 Å². The van der Waals surface area contributed by atoms with Crippen LogP contribution in [0.1, 0.15) is 26.3 Å². The van der Waals surface area contributed by atoms with Crippen LogP contribution in [-0.4, -0.2) is 11.4 Å². The van der Waals surface area contributed by atoms with Gasteiger partial charge in [0.05, 0.1) is 10.6 Å². The summed E-state index contributed by atoms with van der Waals surface area (Å²) < 4.78 is 0.852. The molecule has 0 radical (unpaired) electrons. The quantitative estimate of drug-likeness (QED) is 0.362. The van der Waals surface area contributed by atoms with E-state index in [0.717, 1.165) is 10.0 Å². The second-order valence-electron chi connectivity index (χ2n) is 4.40. The average molecular weight is 305 g/mol. The molecule has 0 fully saturated rings. The number of amidine groups is 1. The lowest BCUT2D eigenvalue weighted by Gasteiger charge is -2.16. The third-order valence-electron chi connectivity index (χ3n) is 1.78. The summed E-state index contributed by atoms with van der Waals surface area (Å²) in [6.45, 7) is 6.01. The summed E-state index contributed by atoms with van der Waals surface area (Å²) >= 11 is 9.35. The van der Waals surface area contributed by atoms with Crippen molar-refractivity contribution < 1.29 is 0 Å². The van der Waals surface area contributed by atoms with Gasteiger partial charge in [0.2, 0.25) is 0 Å². The molecule has 0 amide bonds. The molecule has 16 heavy (non-hydrogen) atoms. The Kier molecular flexibility index (Phi) is 4.35. The zero-order valence-corrected chi connectivity index (χ0v) is 11.9. The molecule has 3 nitrogen and oxygen atoms in total. The Hall–Kier alpha value is -0.580. The lowest BCUT2D eigenvalue weighted by molar-refractivity contribution is 0.580. The molecule has 0 aliphatic rings. The van der Waals surface area contributed by atoms with Gasteiger partial charge in [0.25, 0.3) is 0 Å². The summed E-state index contributed by atoms with van der Waals surface area (Å²) in [7, 11) is 0. The van der Waals surface area contributed by atoms with E-state index in [0.29, 0.717) is 10.9 Å². The predicted octanol–water partition coefficient (Wildman–Crippen LogP) is 3.11. The van der Waals surface area contributed by atoms with Crippen LogP contribution in [0.15, 0.2) is 27.7 Å². The first-order valence-corrected chi connectivity index (χ1v) is 6.02. The highest BCUT2D eigenvalue weighted by molar-refractivity contribution is 9.10. The number of halogens is 2. The van der Waals surface area contributed by atoms with Crippen LogP contribution in [0.4, 0.5) is 0 Å². The van der Waals surface area contributed by atoms with Gasteiger partial charge >= 0.3 is 0 Å². The van der Waals surface area contributed by atoms with Gasteiger partial charge in [-0.15, -0.1) is 0 Å². The van der Waals surface area contributed by atoms with E-state index >= 15 is 0 Å². The fourth-order valence-corrected chi connectivity index (χ4v) is 1.59. The highest BCUT2D eigenvalue weighted by Crippen LogP contribution is 2.23. The van der Waals surface area contributed by atoms with Gasteiger partial charge in [-0.25, -0.2) is 5.84 Å². The van der Waals surface area contributed by atoms with Gasteiger partial charge in [-0.2, -0.15) is 0 Å². The molecular formula is C11H15BrClN3. The summed E-state index contributed by atoms with van der Waals surface area (Å²) in [5.74, 6) is 6.09. The Morgan fingerprint density at radius 3 is 2.50 bits per heavy atom. The van der Waals surface area contributed by atoms with Crippen molar-refractivity contribution in [2.24, 2.45) is 10.8 Å². The normalized spacial score (nSPS) is 12.8. The van der Waals surface area contributed by atoms with Gasteiger partial charge in [0.15, 0.2) is 0 Å². The lowest BCUT2D eigenvalue weighted by Crippen LogP contribution is -2.33. The van der Waals surface area contributed by atoms with Crippen molar-refractivity contribution in [2.75, 3.05) is 0 Å². The Morgan fingerprint density at radius 1 is 1.44 bits per heavy atom. The van der Waals surface area contributed by atoms with Gasteiger partial charge in [0, 0.05) is 10.0 Å². The van der Waals surface area contributed by atoms with Crippen molar-refractivity contribution in [3.63, 3.8) is 0 Å². The standard InChI is InChI=1S/C11H15BrClN3/c1-11(2,3)15-10(16-14)7-4-5-8(12)9(13)6-7/h4-6H,14H2,1-3H3,(H,15,16). The van der Waals surface area contributed by atoms with Crippen LogP contribution in [0.3, 0.4) is 0 Å². The van der Waals surface area contributed by atoms with Crippen LogP contribution in [0.25, 0.3) is 0 Å². The third-order valence-corrected chi connectivity index (χ3v) is 3.01. The van der Waals surface area contributed by atoms with Crippen molar-refractivity contribution in [2.45, 2.75) is 26.3 Å².